The van der Waals surface area contributed by atoms with Gasteiger partial charge in [0.1, 0.15) is 0 Å². The second-order valence-electron chi connectivity index (χ2n) is 5.23. The number of thiazole rings is 1. The number of imidazole rings is 1. The summed E-state index contributed by atoms with van der Waals surface area (Å²) in [4.78, 5) is 9.85. The van der Waals surface area contributed by atoms with Crippen molar-refractivity contribution in [2.75, 3.05) is 7.05 Å². The zero-order valence-electron chi connectivity index (χ0n) is 13.4. The Balaban J connectivity index is 1.56. The molecule has 5 nitrogen and oxygen atoms in total. The molecule has 0 unspecified atom stereocenters. The van der Waals surface area contributed by atoms with Crippen molar-refractivity contribution in [1.29, 1.82) is 0 Å². The van der Waals surface area contributed by atoms with Crippen molar-refractivity contribution in [3.63, 3.8) is 0 Å². The summed E-state index contributed by atoms with van der Waals surface area (Å²) in [5.41, 5.74) is 3.68. The summed E-state index contributed by atoms with van der Waals surface area (Å²) in [7, 11) is 1.78. The molecule has 23 heavy (non-hydrogen) atoms. The number of aromatic nitrogens is 2. The van der Waals surface area contributed by atoms with Gasteiger partial charge in [0.15, 0.2) is 10.9 Å². The molecule has 0 aliphatic heterocycles. The van der Waals surface area contributed by atoms with Crippen molar-refractivity contribution >= 4 is 22.3 Å². The Hall–Kier alpha value is -2.34. The molecule has 120 valence electrons. The number of nitrogens with zero attached hydrogens (tertiary/aromatic N) is 3. The number of aliphatic imine (C=N–C) groups is 1. The van der Waals surface area contributed by atoms with Gasteiger partial charge in [-0.2, -0.15) is 0 Å². The second-order valence-corrected chi connectivity index (χ2v) is 6.10. The van der Waals surface area contributed by atoms with Crippen LogP contribution in [-0.2, 0) is 19.5 Å². The second kappa shape index (κ2) is 7.28. The van der Waals surface area contributed by atoms with Gasteiger partial charge in [-0.05, 0) is 17.5 Å². The Morgan fingerprint density at radius 2 is 2.00 bits per heavy atom. The molecule has 2 aromatic heterocycles. The number of benzene rings is 1. The number of hydrogen-bond acceptors (Lipinski definition) is 3. The normalized spacial score (nSPS) is 11.8. The lowest BCUT2D eigenvalue weighted by Crippen LogP contribution is -2.36. The molecule has 0 bridgehead atoms. The molecule has 0 aliphatic carbocycles. The Morgan fingerprint density at radius 3 is 2.74 bits per heavy atom. The highest BCUT2D eigenvalue weighted by Gasteiger charge is 2.05. The van der Waals surface area contributed by atoms with Crippen LogP contribution >= 0.6 is 11.3 Å². The minimum atomic E-state index is 0.656. The fraction of sp³-hybridized carbons (Fsp3) is 0.294. The molecule has 0 aliphatic rings. The van der Waals surface area contributed by atoms with Crippen LogP contribution in [0.2, 0.25) is 0 Å². The summed E-state index contributed by atoms with van der Waals surface area (Å²) >= 11 is 1.64. The number of nitrogens with one attached hydrogen (secondary N) is 2. The van der Waals surface area contributed by atoms with Crippen molar-refractivity contribution in [2.24, 2.45) is 4.99 Å². The van der Waals surface area contributed by atoms with Gasteiger partial charge < -0.3 is 10.6 Å². The molecule has 0 saturated heterocycles. The Morgan fingerprint density at radius 1 is 1.22 bits per heavy atom. The third-order valence-corrected chi connectivity index (χ3v) is 4.52. The molecule has 2 heterocycles. The molecule has 3 aromatic rings. The van der Waals surface area contributed by atoms with E-state index in [1.807, 2.05) is 22.2 Å². The van der Waals surface area contributed by atoms with Crippen LogP contribution in [0.5, 0.6) is 0 Å². The number of guanidine groups is 1. The first-order chi connectivity index (χ1) is 11.3. The fourth-order valence-electron chi connectivity index (χ4n) is 2.51. The van der Waals surface area contributed by atoms with Gasteiger partial charge in [0, 0.05) is 31.4 Å². The summed E-state index contributed by atoms with van der Waals surface area (Å²) in [5.74, 6) is 0.785. The van der Waals surface area contributed by atoms with E-state index in [1.54, 1.807) is 18.4 Å². The molecule has 0 radical (unpaired) electrons. The third-order valence-electron chi connectivity index (χ3n) is 3.75. The van der Waals surface area contributed by atoms with Crippen LogP contribution in [-0.4, -0.2) is 22.4 Å². The van der Waals surface area contributed by atoms with Crippen LogP contribution in [0.15, 0.2) is 47.0 Å². The first-order valence-corrected chi connectivity index (χ1v) is 8.60. The van der Waals surface area contributed by atoms with Crippen molar-refractivity contribution in [3.8, 4) is 0 Å². The van der Waals surface area contributed by atoms with Gasteiger partial charge >= 0.3 is 0 Å². The topological polar surface area (TPSA) is 53.7 Å². The van der Waals surface area contributed by atoms with Crippen LogP contribution in [0, 0.1) is 0 Å². The van der Waals surface area contributed by atoms with Gasteiger partial charge in [0.05, 0.1) is 12.2 Å². The minimum absolute atomic E-state index is 0.656. The van der Waals surface area contributed by atoms with Crippen LogP contribution in [0.1, 0.15) is 23.7 Å². The molecule has 2 N–H and O–H groups in total. The van der Waals surface area contributed by atoms with Crippen molar-refractivity contribution in [2.45, 2.75) is 26.4 Å². The molecule has 0 amide bonds. The number of fused-ring (bicyclic) bond motifs is 1. The van der Waals surface area contributed by atoms with E-state index in [0.29, 0.717) is 6.54 Å². The molecule has 1 aromatic carbocycles. The van der Waals surface area contributed by atoms with E-state index < -0.39 is 0 Å². The molecule has 0 spiro atoms. The van der Waals surface area contributed by atoms with Gasteiger partial charge in [0.2, 0.25) is 0 Å². The van der Waals surface area contributed by atoms with Gasteiger partial charge in [-0.1, -0.05) is 31.2 Å². The molecule has 3 rings (SSSR count). The monoisotopic (exact) mass is 327 g/mol. The maximum Gasteiger partial charge on any atom is 0.193 e. The largest absolute Gasteiger partial charge is 0.352 e. The third kappa shape index (κ3) is 3.71. The molecular formula is C17H21N5S. The lowest BCUT2D eigenvalue weighted by Gasteiger charge is -2.13. The predicted molar refractivity (Wildman–Crippen MR) is 95.9 cm³/mol. The number of rotatable bonds is 5. The number of hydrogen-bond donors (Lipinski definition) is 2. The molecule has 0 fully saturated rings. The lowest BCUT2D eigenvalue weighted by atomic mass is 10.1. The lowest BCUT2D eigenvalue weighted by molar-refractivity contribution is 0.793. The smallest absolute Gasteiger partial charge is 0.193 e. The first-order valence-electron chi connectivity index (χ1n) is 7.72. The standard InChI is InChI=1S/C17H21N5S/c1-3-13-6-4-5-7-14(13)10-19-16(18-2)20-11-15-12-22-8-9-23-17(22)21-15/h4-9,12H,3,10-11H2,1-2H3,(H2,18,19,20). The van der Waals surface area contributed by atoms with E-state index in [9.17, 15) is 0 Å². The van der Waals surface area contributed by atoms with Crippen LogP contribution in [0.3, 0.4) is 0 Å². The molecule has 6 heteroatoms. The average Bonchev–Trinajstić information content (AvgIpc) is 3.16. The van der Waals surface area contributed by atoms with E-state index in [-0.39, 0.29) is 0 Å². The zero-order chi connectivity index (χ0) is 16.1. The highest BCUT2D eigenvalue weighted by atomic mass is 32.1. The van der Waals surface area contributed by atoms with E-state index in [0.717, 1.165) is 29.6 Å². The molecular weight excluding hydrogens is 306 g/mol. The predicted octanol–water partition coefficient (Wildman–Crippen LogP) is 2.82. The molecule has 0 saturated carbocycles. The van der Waals surface area contributed by atoms with E-state index in [4.69, 9.17) is 0 Å². The number of aryl methyl sites for hydroxylation is 1. The summed E-state index contributed by atoms with van der Waals surface area (Å²) in [6, 6.07) is 8.48. The maximum absolute atomic E-state index is 4.56. The zero-order valence-corrected chi connectivity index (χ0v) is 14.2. The average molecular weight is 327 g/mol. The summed E-state index contributed by atoms with van der Waals surface area (Å²) < 4.78 is 2.04. The van der Waals surface area contributed by atoms with Crippen LogP contribution in [0.25, 0.3) is 4.96 Å². The highest BCUT2D eigenvalue weighted by Crippen LogP contribution is 2.11. The van der Waals surface area contributed by atoms with E-state index in [1.165, 1.54) is 11.1 Å². The van der Waals surface area contributed by atoms with Gasteiger partial charge in [0.25, 0.3) is 0 Å². The maximum atomic E-state index is 4.56. The minimum Gasteiger partial charge on any atom is -0.352 e. The van der Waals surface area contributed by atoms with Crippen molar-refractivity contribution < 1.29 is 0 Å². The summed E-state index contributed by atoms with van der Waals surface area (Å²) in [6.45, 7) is 3.60. The quantitative estimate of drug-likeness (QED) is 0.560. The summed E-state index contributed by atoms with van der Waals surface area (Å²) in [5, 5.41) is 8.71. The van der Waals surface area contributed by atoms with Crippen molar-refractivity contribution in [3.05, 3.63) is 58.9 Å². The van der Waals surface area contributed by atoms with Gasteiger partial charge in [-0.25, -0.2) is 4.98 Å². The van der Waals surface area contributed by atoms with Crippen molar-refractivity contribution in [1.82, 2.24) is 20.0 Å². The fourth-order valence-corrected chi connectivity index (χ4v) is 3.23. The van der Waals surface area contributed by atoms with Gasteiger partial charge in [-0.15, -0.1) is 11.3 Å². The first kappa shape index (κ1) is 15.6. The van der Waals surface area contributed by atoms with Crippen LogP contribution in [0.4, 0.5) is 0 Å². The van der Waals surface area contributed by atoms with E-state index in [2.05, 4.69) is 51.8 Å². The highest BCUT2D eigenvalue weighted by molar-refractivity contribution is 7.15. The summed E-state index contributed by atoms with van der Waals surface area (Å²) in [6.07, 6.45) is 5.10. The Kier molecular flexibility index (Phi) is 4.92. The Bertz CT molecular complexity index is 774. The molecule has 0 atom stereocenters. The van der Waals surface area contributed by atoms with Crippen LogP contribution < -0.4 is 10.6 Å². The van der Waals surface area contributed by atoms with Gasteiger partial charge in [-0.3, -0.25) is 9.39 Å². The SMILES string of the molecule is CCc1ccccc1CNC(=NC)NCc1cn2ccsc2n1. The van der Waals surface area contributed by atoms with E-state index >= 15 is 0 Å². The Labute approximate surface area is 140 Å².